The van der Waals surface area contributed by atoms with Crippen molar-refractivity contribution in [3.63, 3.8) is 0 Å². The topological polar surface area (TPSA) is 27.3 Å². The van der Waals surface area contributed by atoms with Gasteiger partial charge in [0, 0.05) is 32.2 Å². The van der Waals surface area contributed by atoms with Gasteiger partial charge >= 0.3 is 0 Å². The molecule has 0 aromatic rings. The summed E-state index contributed by atoms with van der Waals surface area (Å²) in [4.78, 5) is 2.43. The number of hydrogen-bond donors (Lipinski definition) is 2. The lowest BCUT2D eigenvalue weighted by Gasteiger charge is -2.33. The van der Waals surface area contributed by atoms with Gasteiger partial charge in [0.2, 0.25) is 0 Å². The molecule has 0 aromatic heterocycles. The molecule has 2 fully saturated rings. The minimum absolute atomic E-state index is 0.479. The number of hydrogen-bond acceptors (Lipinski definition) is 3. The molecule has 112 valence electrons. The molecule has 1 aliphatic carbocycles. The second-order valence-electron chi connectivity index (χ2n) is 7.35. The Bertz CT molecular complexity index is 259. The van der Waals surface area contributed by atoms with Gasteiger partial charge in [-0.15, -0.1) is 0 Å². The summed E-state index contributed by atoms with van der Waals surface area (Å²) in [6.45, 7) is 10.8. The van der Waals surface area contributed by atoms with Crippen molar-refractivity contribution in [2.24, 2.45) is 11.3 Å². The first-order chi connectivity index (χ1) is 9.08. The minimum atomic E-state index is 0.479. The molecule has 1 atom stereocenters. The Balaban J connectivity index is 1.60. The predicted molar refractivity (Wildman–Crippen MR) is 82.5 cm³/mol. The second kappa shape index (κ2) is 7.05. The Morgan fingerprint density at radius 3 is 2.68 bits per heavy atom. The van der Waals surface area contributed by atoms with Crippen molar-refractivity contribution < 1.29 is 0 Å². The standard InChI is InChI=1S/C16H33N3/c1-16(2,14-6-4-5-7-14)13-17-9-8-15-12-19(3)11-10-18-15/h14-15,17-18H,4-13H2,1-3H3. The first-order valence-electron chi connectivity index (χ1n) is 8.20. The van der Waals surface area contributed by atoms with Crippen LogP contribution < -0.4 is 10.6 Å². The normalized spacial score (nSPS) is 27.0. The molecular formula is C16H33N3. The van der Waals surface area contributed by atoms with Gasteiger partial charge in [-0.25, -0.2) is 0 Å². The average Bonchev–Trinajstić information content (AvgIpc) is 2.89. The van der Waals surface area contributed by atoms with Crippen LogP contribution in [-0.2, 0) is 0 Å². The van der Waals surface area contributed by atoms with Crippen LogP contribution in [0.5, 0.6) is 0 Å². The van der Waals surface area contributed by atoms with E-state index in [0.717, 1.165) is 19.0 Å². The fourth-order valence-electron chi connectivity index (χ4n) is 3.72. The van der Waals surface area contributed by atoms with E-state index >= 15 is 0 Å². The fourth-order valence-corrected chi connectivity index (χ4v) is 3.72. The van der Waals surface area contributed by atoms with E-state index in [2.05, 4.69) is 36.4 Å². The fraction of sp³-hybridized carbons (Fsp3) is 1.00. The Labute approximate surface area is 119 Å². The maximum absolute atomic E-state index is 3.71. The molecule has 1 saturated carbocycles. The van der Waals surface area contributed by atoms with Gasteiger partial charge in [-0.2, -0.15) is 0 Å². The van der Waals surface area contributed by atoms with E-state index < -0.39 is 0 Å². The molecule has 0 spiro atoms. The van der Waals surface area contributed by atoms with Gasteiger partial charge in [-0.1, -0.05) is 26.7 Å². The maximum atomic E-state index is 3.71. The summed E-state index contributed by atoms with van der Waals surface area (Å²) in [6, 6.07) is 0.681. The van der Waals surface area contributed by atoms with Crippen LogP contribution in [0.15, 0.2) is 0 Å². The lowest BCUT2D eigenvalue weighted by molar-refractivity contribution is 0.201. The molecule has 0 radical (unpaired) electrons. The van der Waals surface area contributed by atoms with E-state index in [-0.39, 0.29) is 0 Å². The lowest BCUT2D eigenvalue weighted by Crippen LogP contribution is -2.50. The molecule has 3 heteroatoms. The first kappa shape index (κ1) is 15.3. The number of likely N-dealkylation sites (N-methyl/N-ethyl adjacent to an activating group) is 1. The Kier molecular flexibility index (Phi) is 5.67. The molecular weight excluding hydrogens is 234 g/mol. The maximum Gasteiger partial charge on any atom is 0.0207 e. The van der Waals surface area contributed by atoms with Crippen LogP contribution in [0.4, 0.5) is 0 Å². The summed E-state index contributed by atoms with van der Waals surface area (Å²) in [5.41, 5.74) is 0.479. The monoisotopic (exact) mass is 267 g/mol. The number of piperazine rings is 1. The Morgan fingerprint density at radius 2 is 2.00 bits per heavy atom. The summed E-state index contributed by atoms with van der Waals surface area (Å²) >= 11 is 0. The predicted octanol–water partition coefficient (Wildman–Crippen LogP) is 2.09. The van der Waals surface area contributed by atoms with Crippen LogP contribution in [0.1, 0.15) is 46.0 Å². The Hall–Kier alpha value is -0.120. The quantitative estimate of drug-likeness (QED) is 0.722. The van der Waals surface area contributed by atoms with E-state index in [9.17, 15) is 0 Å². The van der Waals surface area contributed by atoms with Crippen molar-refractivity contribution in [1.82, 2.24) is 15.5 Å². The zero-order valence-corrected chi connectivity index (χ0v) is 13.2. The minimum Gasteiger partial charge on any atom is -0.316 e. The zero-order valence-electron chi connectivity index (χ0n) is 13.2. The summed E-state index contributed by atoms with van der Waals surface area (Å²) < 4.78 is 0. The van der Waals surface area contributed by atoms with Crippen molar-refractivity contribution in [1.29, 1.82) is 0 Å². The van der Waals surface area contributed by atoms with Crippen molar-refractivity contribution in [3.8, 4) is 0 Å². The molecule has 1 heterocycles. The third-order valence-corrected chi connectivity index (χ3v) is 5.17. The first-order valence-corrected chi connectivity index (χ1v) is 8.20. The number of rotatable bonds is 6. The van der Waals surface area contributed by atoms with Crippen molar-refractivity contribution in [3.05, 3.63) is 0 Å². The van der Waals surface area contributed by atoms with E-state index in [4.69, 9.17) is 0 Å². The van der Waals surface area contributed by atoms with Crippen LogP contribution in [0.25, 0.3) is 0 Å². The molecule has 0 bridgehead atoms. The SMILES string of the molecule is CN1CCNC(CCNCC(C)(C)C2CCCC2)C1. The van der Waals surface area contributed by atoms with Gasteiger partial charge in [0.1, 0.15) is 0 Å². The second-order valence-corrected chi connectivity index (χ2v) is 7.35. The third kappa shape index (κ3) is 4.73. The van der Waals surface area contributed by atoms with Gasteiger partial charge in [0.15, 0.2) is 0 Å². The van der Waals surface area contributed by atoms with Crippen LogP contribution in [0, 0.1) is 11.3 Å². The van der Waals surface area contributed by atoms with E-state index in [1.165, 1.54) is 51.7 Å². The molecule has 0 amide bonds. The van der Waals surface area contributed by atoms with Gasteiger partial charge < -0.3 is 15.5 Å². The summed E-state index contributed by atoms with van der Waals surface area (Å²) in [5, 5.41) is 7.33. The highest BCUT2D eigenvalue weighted by Crippen LogP contribution is 2.38. The molecule has 0 aromatic carbocycles. The Morgan fingerprint density at radius 1 is 1.26 bits per heavy atom. The number of nitrogens with zero attached hydrogens (tertiary/aromatic N) is 1. The van der Waals surface area contributed by atoms with Crippen molar-refractivity contribution in [2.75, 3.05) is 39.8 Å². The van der Waals surface area contributed by atoms with Gasteiger partial charge in [0.05, 0.1) is 0 Å². The highest BCUT2D eigenvalue weighted by Gasteiger charge is 2.31. The van der Waals surface area contributed by atoms with Crippen LogP contribution >= 0.6 is 0 Å². The average molecular weight is 267 g/mol. The molecule has 2 aliphatic rings. The smallest absolute Gasteiger partial charge is 0.0207 e. The number of nitrogens with one attached hydrogen (secondary N) is 2. The van der Waals surface area contributed by atoms with Gasteiger partial charge in [-0.3, -0.25) is 0 Å². The largest absolute Gasteiger partial charge is 0.316 e. The summed E-state index contributed by atoms with van der Waals surface area (Å²) in [5.74, 6) is 0.943. The third-order valence-electron chi connectivity index (χ3n) is 5.17. The van der Waals surface area contributed by atoms with Crippen molar-refractivity contribution >= 4 is 0 Å². The van der Waals surface area contributed by atoms with Gasteiger partial charge in [-0.05, 0) is 44.2 Å². The highest BCUT2D eigenvalue weighted by atomic mass is 15.2. The van der Waals surface area contributed by atoms with Gasteiger partial charge in [0.25, 0.3) is 0 Å². The van der Waals surface area contributed by atoms with Crippen LogP contribution in [0.3, 0.4) is 0 Å². The highest BCUT2D eigenvalue weighted by molar-refractivity contribution is 4.84. The lowest BCUT2D eigenvalue weighted by atomic mass is 9.78. The van der Waals surface area contributed by atoms with Crippen LogP contribution in [-0.4, -0.2) is 50.7 Å². The molecule has 2 rings (SSSR count). The molecule has 3 nitrogen and oxygen atoms in total. The molecule has 1 saturated heterocycles. The van der Waals surface area contributed by atoms with E-state index in [0.29, 0.717) is 11.5 Å². The van der Waals surface area contributed by atoms with E-state index in [1.807, 2.05) is 0 Å². The zero-order chi connectivity index (χ0) is 13.7. The van der Waals surface area contributed by atoms with Crippen LogP contribution in [0.2, 0.25) is 0 Å². The summed E-state index contributed by atoms with van der Waals surface area (Å²) in [6.07, 6.45) is 7.05. The molecule has 1 aliphatic heterocycles. The molecule has 2 N–H and O–H groups in total. The van der Waals surface area contributed by atoms with Crippen molar-refractivity contribution in [2.45, 2.75) is 52.0 Å². The van der Waals surface area contributed by atoms with E-state index in [1.54, 1.807) is 0 Å². The molecule has 1 unspecified atom stereocenters. The molecule has 19 heavy (non-hydrogen) atoms. The summed E-state index contributed by atoms with van der Waals surface area (Å²) in [7, 11) is 2.23.